The van der Waals surface area contributed by atoms with Gasteiger partial charge in [-0.05, 0) is 18.4 Å². The summed E-state index contributed by atoms with van der Waals surface area (Å²) in [4.78, 5) is 38.8. The van der Waals surface area contributed by atoms with E-state index in [2.05, 4.69) is 15.6 Å². The van der Waals surface area contributed by atoms with Crippen molar-refractivity contribution in [2.24, 2.45) is 0 Å². The first-order chi connectivity index (χ1) is 9.11. The molecule has 0 aliphatic heterocycles. The van der Waals surface area contributed by atoms with E-state index < -0.39 is 11.9 Å². The highest BCUT2D eigenvalue weighted by molar-refractivity contribution is 7.17. The molecule has 2 rings (SSSR count). The van der Waals surface area contributed by atoms with E-state index >= 15 is 0 Å². The molecule has 2 aromatic rings. The van der Waals surface area contributed by atoms with Gasteiger partial charge in [-0.3, -0.25) is 19.5 Å². The SMILES string of the molecule is CCNC(=O)NC(=O)Cn1cnc2ccsc2c1=O. The third-order valence-electron chi connectivity index (χ3n) is 2.34. The molecule has 2 heterocycles. The second kappa shape index (κ2) is 5.61. The summed E-state index contributed by atoms with van der Waals surface area (Å²) in [6, 6.07) is 1.16. The molecule has 2 N–H and O–H groups in total. The zero-order valence-electron chi connectivity index (χ0n) is 10.2. The van der Waals surface area contributed by atoms with Gasteiger partial charge in [0, 0.05) is 6.54 Å². The van der Waals surface area contributed by atoms with Crippen molar-refractivity contribution in [3.63, 3.8) is 0 Å². The zero-order valence-corrected chi connectivity index (χ0v) is 11.0. The first kappa shape index (κ1) is 13.2. The second-order valence-corrected chi connectivity index (χ2v) is 4.64. The Morgan fingerprint density at radius 3 is 3.00 bits per heavy atom. The van der Waals surface area contributed by atoms with Crippen molar-refractivity contribution < 1.29 is 9.59 Å². The number of rotatable bonds is 3. The van der Waals surface area contributed by atoms with E-state index in [1.165, 1.54) is 22.2 Å². The maximum atomic E-state index is 12.0. The number of nitrogens with zero attached hydrogens (tertiary/aromatic N) is 2. The van der Waals surface area contributed by atoms with Crippen LogP contribution in [0.5, 0.6) is 0 Å². The lowest BCUT2D eigenvalue weighted by Gasteiger charge is -2.06. The van der Waals surface area contributed by atoms with Crippen molar-refractivity contribution in [2.75, 3.05) is 6.54 Å². The highest BCUT2D eigenvalue weighted by Gasteiger charge is 2.10. The predicted molar refractivity (Wildman–Crippen MR) is 71.1 cm³/mol. The summed E-state index contributed by atoms with van der Waals surface area (Å²) < 4.78 is 1.67. The molecule has 0 aliphatic rings. The van der Waals surface area contributed by atoms with Crippen LogP contribution in [-0.4, -0.2) is 28.0 Å². The number of carbonyl (C=O) groups excluding carboxylic acids is 2. The molecule has 0 saturated carbocycles. The van der Waals surface area contributed by atoms with Crippen LogP contribution in [0.15, 0.2) is 22.6 Å². The minimum atomic E-state index is -0.578. The Morgan fingerprint density at radius 2 is 2.26 bits per heavy atom. The Morgan fingerprint density at radius 1 is 1.47 bits per heavy atom. The summed E-state index contributed by atoms with van der Waals surface area (Å²) in [5.74, 6) is -0.564. The lowest BCUT2D eigenvalue weighted by atomic mass is 10.4. The Bertz CT molecular complexity index is 676. The molecule has 19 heavy (non-hydrogen) atoms. The van der Waals surface area contributed by atoms with E-state index in [1.807, 2.05) is 0 Å². The Balaban J connectivity index is 2.13. The fraction of sp³-hybridized carbons (Fsp3) is 0.273. The first-order valence-electron chi connectivity index (χ1n) is 5.62. The van der Waals surface area contributed by atoms with Crippen molar-refractivity contribution in [1.82, 2.24) is 20.2 Å². The molecular weight excluding hydrogens is 268 g/mol. The van der Waals surface area contributed by atoms with E-state index in [4.69, 9.17) is 0 Å². The van der Waals surface area contributed by atoms with E-state index in [-0.39, 0.29) is 12.1 Å². The van der Waals surface area contributed by atoms with Gasteiger partial charge >= 0.3 is 6.03 Å². The third kappa shape index (κ3) is 2.97. The summed E-state index contributed by atoms with van der Waals surface area (Å²) in [6.07, 6.45) is 1.30. The fourth-order valence-corrected chi connectivity index (χ4v) is 2.31. The normalized spacial score (nSPS) is 10.4. The van der Waals surface area contributed by atoms with Gasteiger partial charge in [-0.1, -0.05) is 0 Å². The van der Waals surface area contributed by atoms with E-state index in [1.54, 1.807) is 18.4 Å². The average molecular weight is 280 g/mol. The smallest absolute Gasteiger partial charge is 0.321 e. The minimum absolute atomic E-state index is 0.239. The molecule has 0 bridgehead atoms. The zero-order chi connectivity index (χ0) is 13.8. The van der Waals surface area contributed by atoms with Gasteiger partial charge in [-0.2, -0.15) is 0 Å². The number of hydrogen-bond donors (Lipinski definition) is 2. The maximum absolute atomic E-state index is 12.0. The topological polar surface area (TPSA) is 93.1 Å². The Labute approximate surface area is 112 Å². The summed E-state index contributed by atoms with van der Waals surface area (Å²) in [7, 11) is 0. The molecule has 0 fully saturated rings. The summed E-state index contributed by atoms with van der Waals surface area (Å²) in [5, 5.41) is 6.32. The number of carbonyl (C=O) groups is 2. The molecule has 100 valence electrons. The monoisotopic (exact) mass is 280 g/mol. The number of nitrogens with one attached hydrogen (secondary N) is 2. The lowest BCUT2D eigenvalue weighted by Crippen LogP contribution is -2.42. The molecule has 3 amide bonds. The van der Waals surface area contributed by atoms with Crippen LogP contribution in [0.2, 0.25) is 0 Å². The van der Waals surface area contributed by atoms with Crippen molar-refractivity contribution in [3.8, 4) is 0 Å². The van der Waals surface area contributed by atoms with Crippen LogP contribution in [0.3, 0.4) is 0 Å². The minimum Gasteiger partial charge on any atom is -0.338 e. The quantitative estimate of drug-likeness (QED) is 0.846. The first-order valence-corrected chi connectivity index (χ1v) is 6.50. The van der Waals surface area contributed by atoms with Gasteiger partial charge in [0.15, 0.2) is 0 Å². The lowest BCUT2D eigenvalue weighted by molar-refractivity contribution is -0.120. The fourth-order valence-electron chi connectivity index (χ4n) is 1.52. The van der Waals surface area contributed by atoms with Gasteiger partial charge < -0.3 is 5.32 Å². The standard InChI is InChI=1S/C11H12N4O3S/c1-2-12-11(18)14-8(16)5-15-6-13-7-3-4-19-9(7)10(15)17/h3-4,6H,2,5H2,1H3,(H2,12,14,16,18). The number of fused-ring (bicyclic) bond motifs is 1. The van der Waals surface area contributed by atoms with Crippen LogP contribution in [0, 0.1) is 0 Å². The molecule has 0 spiro atoms. The largest absolute Gasteiger partial charge is 0.338 e. The van der Waals surface area contributed by atoms with E-state index in [0.717, 1.165) is 0 Å². The molecule has 0 aromatic carbocycles. The molecule has 0 saturated heterocycles. The van der Waals surface area contributed by atoms with Crippen molar-refractivity contribution in [1.29, 1.82) is 0 Å². The number of amides is 3. The van der Waals surface area contributed by atoms with Gasteiger partial charge in [0.25, 0.3) is 5.56 Å². The van der Waals surface area contributed by atoms with Crippen LogP contribution < -0.4 is 16.2 Å². The van der Waals surface area contributed by atoms with Crippen molar-refractivity contribution in [2.45, 2.75) is 13.5 Å². The highest BCUT2D eigenvalue weighted by Crippen LogP contribution is 2.12. The van der Waals surface area contributed by atoms with Gasteiger partial charge in [-0.15, -0.1) is 11.3 Å². The average Bonchev–Trinajstić information content (AvgIpc) is 2.82. The van der Waals surface area contributed by atoms with Gasteiger partial charge in [-0.25, -0.2) is 9.78 Å². The predicted octanol–water partition coefficient (Wildman–Crippen LogP) is 0.304. The number of aromatic nitrogens is 2. The number of hydrogen-bond acceptors (Lipinski definition) is 5. The van der Waals surface area contributed by atoms with Crippen LogP contribution in [-0.2, 0) is 11.3 Å². The number of thiophene rings is 1. The summed E-state index contributed by atoms with van der Waals surface area (Å²) >= 11 is 1.27. The van der Waals surface area contributed by atoms with Crippen LogP contribution in [0.1, 0.15) is 6.92 Å². The van der Waals surface area contributed by atoms with E-state index in [9.17, 15) is 14.4 Å². The molecule has 0 radical (unpaired) electrons. The van der Waals surface area contributed by atoms with Gasteiger partial charge in [0.1, 0.15) is 11.2 Å². The maximum Gasteiger partial charge on any atom is 0.321 e. The second-order valence-electron chi connectivity index (χ2n) is 3.72. The third-order valence-corrected chi connectivity index (χ3v) is 3.23. The number of urea groups is 1. The molecule has 8 heteroatoms. The molecule has 0 unspecified atom stereocenters. The molecule has 2 aromatic heterocycles. The molecular formula is C11H12N4O3S. The van der Waals surface area contributed by atoms with Crippen LogP contribution in [0.4, 0.5) is 4.79 Å². The molecule has 7 nitrogen and oxygen atoms in total. The summed E-state index contributed by atoms with van der Waals surface area (Å²) in [6.45, 7) is 1.92. The Kier molecular flexibility index (Phi) is 3.91. The molecule has 0 atom stereocenters. The van der Waals surface area contributed by atoms with Crippen LogP contribution in [0.25, 0.3) is 10.2 Å². The molecule has 0 aliphatic carbocycles. The van der Waals surface area contributed by atoms with Gasteiger partial charge in [0.2, 0.25) is 5.91 Å². The van der Waals surface area contributed by atoms with Crippen molar-refractivity contribution >= 4 is 33.5 Å². The highest BCUT2D eigenvalue weighted by atomic mass is 32.1. The van der Waals surface area contributed by atoms with Gasteiger partial charge in [0.05, 0.1) is 11.8 Å². The summed E-state index contributed by atoms with van der Waals surface area (Å²) in [5.41, 5.74) is 0.321. The number of imide groups is 1. The van der Waals surface area contributed by atoms with E-state index in [0.29, 0.717) is 16.8 Å². The Hall–Kier alpha value is -2.22. The van der Waals surface area contributed by atoms with Crippen molar-refractivity contribution in [3.05, 3.63) is 28.1 Å². The van der Waals surface area contributed by atoms with Crippen LogP contribution >= 0.6 is 11.3 Å².